The monoisotopic (exact) mass is 494 g/mol. The first-order valence-corrected chi connectivity index (χ1v) is 12.2. The van der Waals surface area contributed by atoms with E-state index in [9.17, 15) is 19.7 Å². The fourth-order valence-corrected chi connectivity index (χ4v) is 4.55. The Morgan fingerprint density at radius 3 is 2.54 bits per heavy atom. The van der Waals surface area contributed by atoms with Gasteiger partial charge in [0, 0.05) is 66.9 Å². The lowest BCUT2D eigenvalue weighted by Crippen LogP contribution is -2.50. The molecule has 0 aliphatic carbocycles. The van der Waals surface area contributed by atoms with Crippen LogP contribution < -0.4 is 5.32 Å². The lowest BCUT2D eigenvalue weighted by atomic mass is 10.1. The average molecular weight is 495 g/mol. The standard InChI is InChI=1S/C24H26N6O4S/c1-3-5-22(31)28-8-10-29(11-9-28)23(32)18-13-20(17-6-4-7-19(12-17)30(33)34)26-21(14-18)27-24-25-15-16(2)35-24/h4,6-7,12-15H,3,5,8-11H2,1-2H3,(H,25,26,27). The van der Waals surface area contributed by atoms with E-state index in [1.165, 1.54) is 23.5 Å². The van der Waals surface area contributed by atoms with Crippen molar-refractivity contribution in [1.82, 2.24) is 19.8 Å². The van der Waals surface area contributed by atoms with Gasteiger partial charge in [-0.15, -0.1) is 11.3 Å². The minimum atomic E-state index is -0.463. The summed E-state index contributed by atoms with van der Waals surface area (Å²) in [6.07, 6.45) is 3.04. The zero-order valence-corrected chi connectivity index (χ0v) is 20.4. The maximum Gasteiger partial charge on any atom is 0.270 e. The van der Waals surface area contributed by atoms with E-state index in [1.54, 1.807) is 40.3 Å². The van der Waals surface area contributed by atoms with Crippen LogP contribution in [0.3, 0.4) is 0 Å². The van der Waals surface area contributed by atoms with Crippen molar-refractivity contribution in [3.8, 4) is 11.3 Å². The van der Waals surface area contributed by atoms with Gasteiger partial charge in [0.25, 0.3) is 11.6 Å². The van der Waals surface area contributed by atoms with Gasteiger partial charge in [-0.3, -0.25) is 19.7 Å². The molecule has 0 saturated carbocycles. The molecule has 2 aromatic heterocycles. The molecule has 11 heteroatoms. The summed E-state index contributed by atoms with van der Waals surface area (Å²) in [4.78, 5) is 49.9. The van der Waals surface area contributed by atoms with Crippen molar-refractivity contribution in [3.63, 3.8) is 0 Å². The molecule has 1 saturated heterocycles. The van der Waals surface area contributed by atoms with Gasteiger partial charge in [0.2, 0.25) is 5.91 Å². The molecule has 0 unspecified atom stereocenters. The topological polar surface area (TPSA) is 122 Å². The number of hydrogen-bond donors (Lipinski definition) is 1. The molecule has 10 nitrogen and oxygen atoms in total. The van der Waals surface area contributed by atoms with E-state index < -0.39 is 4.92 Å². The molecule has 2 amide bonds. The summed E-state index contributed by atoms with van der Waals surface area (Å²) in [6.45, 7) is 5.79. The number of thiazole rings is 1. The third-order valence-corrected chi connectivity index (χ3v) is 6.49. The number of aromatic nitrogens is 2. The van der Waals surface area contributed by atoms with Gasteiger partial charge in [-0.05, 0) is 25.5 Å². The smallest absolute Gasteiger partial charge is 0.270 e. The van der Waals surface area contributed by atoms with Gasteiger partial charge >= 0.3 is 0 Å². The SMILES string of the molecule is CCCC(=O)N1CCN(C(=O)c2cc(Nc3ncc(C)s3)nc(-c3cccc([N+](=O)[O-])c3)c2)CC1. The van der Waals surface area contributed by atoms with Crippen molar-refractivity contribution >= 4 is 39.8 Å². The molecular weight excluding hydrogens is 468 g/mol. The lowest BCUT2D eigenvalue weighted by Gasteiger charge is -2.35. The minimum absolute atomic E-state index is 0.0565. The van der Waals surface area contributed by atoms with Gasteiger partial charge in [-0.2, -0.15) is 0 Å². The van der Waals surface area contributed by atoms with Crippen molar-refractivity contribution in [1.29, 1.82) is 0 Å². The number of rotatable bonds is 7. The highest BCUT2D eigenvalue weighted by Gasteiger charge is 2.25. The van der Waals surface area contributed by atoms with E-state index in [4.69, 9.17) is 0 Å². The summed E-state index contributed by atoms with van der Waals surface area (Å²) in [6, 6.07) is 9.47. The Morgan fingerprint density at radius 2 is 1.89 bits per heavy atom. The van der Waals surface area contributed by atoms with E-state index in [2.05, 4.69) is 15.3 Å². The van der Waals surface area contributed by atoms with Crippen LogP contribution >= 0.6 is 11.3 Å². The molecule has 35 heavy (non-hydrogen) atoms. The molecule has 0 radical (unpaired) electrons. The molecule has 4 rings (SSSR count). The number of amides is 2. The van der Waals surface area contributed by atoms with E-state index in [1.807, 2.05) is 13.8 Å². The number of nitro groups is 1. The first-order chi connectivity index (χ1) is 16.8. The third kappa shape index (κ3) is 5.80. The Bertz CT molecular complexity index is 1250. The molecule has 1 aromatic carbocycles. The highest BCUT2D eigenvalue weighted by atomic mass is 32.1. The Kier molecular flexibility index (Phi) is 7.35. The van der Waals surface area contributed by atoms with Crippen molar-refractivity contribution < 1.29 is 14.5 Å². The van der Waals surface area contributed by atoms with Crippen LogP contribution in [-0.4, -0.2) is 62.7 Å². The highest BCUT2D eigenvalue weighted by Crippen LogP contribution is 2.28. The third-order valence-electron chi connectivity index (χ3n) is 5.66. The normalized spacial score (nSPS) is 13.5. The van der Waals surface area contributed by atoms with Crippen molar-refractivity contribution in [2.24, 2.45) is 0 Å². The van der Waals surface area contributed by atoms with Gasteiger partial charge in [0.15, 0.2) is 5.13 Å². The number of anilines is 2. The first kappa shape index (κ1) is 24.3. The fraction of sp³-hybridized carbons (Fsp3) is 0.333. The average Bonchev–Trinajstić information content (AvgIpc) is 3.28. The van der Waals surface area contributed by atoms with Crippen LogP contribution in [0.15, 0.2) is 42.6 Å². The summed E-state index contributed by atoms with van der Waals surface area (Å²) in [7, 11) is 0. The van der Waals surface area contributed by atoms with Crippen molar-refractivity contribution in [2.75, 3.05) is 31.5 Å². The lowest BCUT2D eigenvalue weighted by molar-refractivity contribution is -0.384. The summed E-state index contributed by atoms with van der Waals surface area (Å²) >= 11 is 1.46. The first-order valence-electron chi connectivity index (χ1n) is 11.4. The van der Waals surface area contributed by atoms with Gasteiger partial charge in [0.1, 0.15) is 5.82 Å². The number of nitrogens with zero attached hydrogens (tertiary/aromatic N) is 5. The van der Waals surface area contributed by atoms with Crippen LogP contribution in [0.5, 0.6) is 0 Å². The van der Waals surface area contributed by atoms with Crippen LogP contribution in [-0.2, 0) is 4.79 Å². The maximum atomic E-state index is 13.4. The number of aryl methyl sites for hydroxylation is 1. The maximum absolute atomic E-state index is 13.4. The molecule has 0 bridgehead atoms. The summed E-state index contributed by atoms with van der Waals surface area (Å²) in [5.74, 6) is 0.352. The van der Waals surface area contributed by atoms with Crippen LogP contribution in [0.2, 0.25) is 0 Å². The minimum Gasteiger partial charge on any atom is -0.339 e. The van der Waals surface area contributed by atoms with Gasteiger partial charge in [0.05, 0.1) is 10.6 Å². The second-order valence-corrected chi connectivity index (χ2v) is 9.49. The number of carbonyl (C=O) groups is 2. The Balaban J connectivity index is 1.63. The van der Waals surface area contributed by atoms with Crippen molar-refractivity contribution in [3.05, 3.63) is 63.1 Å². The Hall–Kier alpha value is -3.86. The van der Waals surface area contributed by atoms with Crippen LogP contribution in [0.25, 0.3) is 11.3 Å². The van der Waals surface area contributed by atoms with Crippen LogP contribution in [0.1, 0.15) is 35.0 Å². The molecular formula is C24H26N6O4S. The highest BCUT2D eigenvalue weighted by molar-refractivity contribution is 7.15. The zero-order valence-electron chi connectivity index (χ0n) is 19.6. The molecule has 3 aromatic rings. The number of nitrogens with one attached hydrogen (secondary N) is 1. The van der Waals surface area contributed by atoms with E-state index in [-0.39, 0.29) is 17.5 Å². The molecule has 182 valence electrons. The number of pyridine rings is 1. The molecule has 1 N–H and O–H groups in total. The van der Waals surface area contributed by atoms with Gasteiger partial charge in [-0.1, -0.05) is 19.1 Å². The summed E-state index contributed by atoms with van der Waals surface area (Å²) in [5.41, 5.74) is 1.32. The second kappa shape index (κ2) is 10.6. The largest absolute Gasteiger partial charge is 0.339 e. The predicted molar refractivity (Wildman–Crippen MR) is 134 cm³/mol. The summed E-state index contributed by atoms with van der Waals surface area (Å²) in [5, 5.41) is 15.0. The number of carbonyl (C=O) groups excluding carboxylic acids is 2. The van der Waals surface area contributed by atoms with Gasteiger partial charge in [-0.25, -0.2) is 9.97 Å². The van der Waals surface area contributed by atoms with Crippen molar-refractivity contribution in [2.45, 2.75) is 26.7 Å². The molecule has 1 aliphatic heterocycles. The molecule has 1 fully saturated rings. The molecule has 0 atom stereocenters. The number of hydrogen-bond acceptors (Lipinski definition) is 8. The zero-order chi connectivity index (χ0) is 24.9. The number of piperazine rings is 1. The van der Waals surface area contributed by atoms with E-state index in [0.717, 1.165) is 11.3 Å². The molecule has 3 heterocycles. The Labute approximate surface area is 206 Å². The van der Waals surface area contributed by atoms with Crippen LogP contribution in [0.4, 0.5) is 16.6 Å². The number of benzene rings is 1. The predicted octanol–water partition coefficient (Wildman–Crippen LogP) is 4.25. The van der Waals surface area contributed by atoms with Crippen LogP contribution in [0, 0.1) is 17.0 Å². The number of non-ortho nitro benzene ring substituents is 1. The molecule has 1 aliphatic rings. The second-order valence-electron chi connectivity index (χ2n) is 8.26. The van der Waals surface area contributed by atoms with E-state index >= 15 is 0 Å². The fourth-order valence-electron chi connectivity index (χ4n) is 3.88. The van der Waals surface area contributed by atoms with Gasteiger partial charge < -0.3 is 15.1 Å². The summed E-state index contributed by atoms with van der Waals surface area (Å²) < 4.78 is 0. The molecule has 0 spiro atoms. The quantitative estimate of drug-likeness (QED) is 0.385. The number of nitro benzene ring substituents is 1. The van der Waals surface area contributed by atoms with E-state index in [0.29, 0.717) is 60.4 Å². The Morgan fingerprint density at radius 1 is 1.14 bits per heavy atom.